The fraction of sp³-hybridized carbons (Fsp3) is 0.133. The third-order valence-electron chi connectivity index (χ3n) is 2.97. The van der Waals surface area contributed by atoms with Gasteiger partial charge in [-0.2, -0.15) is 0 Å². The monoisotopic (exact) mass is 324 g/mol. The lowest BCUT2D eigenvalue weighted by atomic mass is 10.1. The summed E-state index contributed by atoms with van der Waals surface area (Å²) in [6.45, 7) is 1.88. The zero-order valence-corrected chi connectivity index (χ0v) is 13.0. The minimum Gasteiger partial charge on any atom is -0.494 e. The molecule has 6 heteroatoms. The van der Waals surface area contributed by atoms with E-state index in [-0.39, 0.29) is 16.0 Å². The van der Waals surface area contributed by atoms with Gasteiger partial charge in [-0.3, -0.25) is 4.79 Å². The smallest absolute Gasteiger partial charge is 0.255 e. The molecule has 0 unspecified atom stereocenters. The summed E-state index contributed by atoms with van der Waals surface area (Å²) in [6, 6.07) is 8.30. The molecular weight excluding hydrogens is 311 g/mol. The van der Waals surface area contributed by atoms with E-state index in [1.807, 2.05) is 13.0 Å². The number of halogens is 2. The molecule has 21 heavy (non-hydrogen) atoms. The Morgan fingerprint density at radius 2 is 1.81 bits per heavy atom. The van der Waals surface area contributed by atoms with Gasteiger partial charge < -0.3 is 15.8 Å². The molecule has 0 atom stereocenters. The van der Waals surface area contributed by atoms with Crippen LogP contribution in [-0.2, 0) is 0 Å². The number of carbonyl (C=O) groups is 1. The maximum absolute atomic E-state index is 12.3. The average Bonchev–Trinajstić information content (AvgIpc) is 2.42. The van der Waals surface area contributed by atoms with Gasteiger partial charge in [0.2, 0.25) is 0 Å². The van der Waals surface area contributed by atoms with Crippen molar-refractivity contribution in [2.75, 3.05) is 18.2 Å². The molecule has 0 saturated heterocycles. The molecular formula is C15H14Cl2N2O2. The van der Waals surface area contributed by atoms with Gasteiger partial charge in [-0.25, -0.2) is 0 Å². The van der Waals surface area contributed by atoms with Crippen molar-refractivity contribution in [1.82, 2.24) is 0 Å². The van der Waals surface area contributed by atoms with Crippen molar-refractivity contribution >= 4 is 40.5 Å². The summed E-state index contributed by atoms with van der Waals surface area (Å²) in [7, 11) is 1.46. The van der Waals surface area contributed by atoms with E-state index in [1.54, 1.807) is 12.1 Å². The quantitative estimate of drug-likeness (QED) is 0.834. The summed E-state index contributed by atoms with van der Waals surface area (Å²) in [5, 5.41) is 3.34. The summed E-state index contributed by atoms with van der Waals surface area (Å²) >= 11 is 12.1. The Bertz CT molecular complexity index is 679. The molecule has 0 saturated carbocycles. The van der Waals surface area contributed by atoms with Gasteiger partial charge in [-0.1, -0.05) is 29.3 Å². The van der Waals surface area contributed by atoms with Crippen molar-refractivity contribution in [2.24, 2.45) is 0 Å². The Morgan fingerprint density at radius 3 is 2.38 bits per heavy atom. The van der Waals surface area contributed by atoms with E-state index in [4.69, 9.17) is 33.7 Å². The minimum absolute atomic E-state index is 0.277. The molecule has 4 nitrogen and oxygen atoms in total. The van der Waals surface area contributed by atoms with E-state index in [2.05, 4.69) is 5.32 Å². The summed E-state index contributed by atoms with van der Waals surface area (Å²) < 4.78 is 5.05. The number of rotatable bonds is 3. The number of nitrogens with one attached hydrogen (secondary N) is 1. The first-order chi connectivity index (χ1) is 9.92. The zero-order chi connectivity index (χ0) is 15.6. The second-order valence-electron chi connectivity index (χ2n) is 4.50. The fourth-order valence-corrected chi connectivity index (χ4v) is 2.50. The molecule has 0 aromatic heterocycles. The summed E-state index contributed by atoms with van der Waals surface area (Å²) in [5.74, 6) is 0.0187. The molecule has 110 valence electrons. The number of hydrogen-bond acceptors (Lipinski definition) is 3. The van der Waals surface area contributed by atoms with Crippen LogP contribution in [0.1, 0.15) is 15.9 Å². The second kappa shape index (κ2) is 6.24. The van der Waals surface area contributed by atoms with E-state index in [0.717, 1.165) is 5.56 Å². The third-order valence-corrected chi connectivity index (χ3v) is 3.54. The molecule has 1 amide bonds. The number of nitrogens with two attached hydrogens (primary N) is 1. The Labute approximate surface area is 132 Å². The standard InChI is InChI=1S/C15H14Cl2N2O2/c1-8-3-4-10(18)7-13(8)19-15(20)9-5-11(16)14(21-2)12(17)6-9/h3-7H,18H2,1-2H3,(H,19,20). The number of methoxy groups -OCH3 is 1. The number of hydrogen-bond donors (Lipinski definition) is 2. The van der Waals surface area contributed by atoms with E-state index in [9.17, 15) is 4.79 Å². The second-order valence-corrected chi connectivity index (χ2v) is 5.32. The lowest BCUT2D eigenvalue weighted by molar-refractivity contribution is 0.102. The number of amides is 1. The van der Waals surface area contributed by atoms with Crippen LogP contribution in [-0.4, -0.2) is 13.0 Å². The predicted octanol–water partition coefficient (Wildman–Crippen LogP) is 4.14. The van der Waals surface area contributed by atoms with Crippen LogP contribution in [0.2, 0.25) is 10.0 Å². The molecule has 0 spiro atoms. The van der Waals surface area contributed by atoms with E-state index in [0.29, 0.717) is 22.7 Å². The van der Waals surface area contributed by atoms with Gasteiger partial charge in [0.1, 0.15) is 0 Å². The maximum atomic E-state index is 12.3. The normalized spacial score (nSPS) is 10.3. The number of anilines is 2. The zero-order valence-electron chi connectivity index (χ0n) is 11.5. The first kappa shape index (κ1) is 15.5. The van der Waals surface area contributed by atoms with Crippen LogP contribution in [0.15, 0.2) is 30.3 Å². The van der Waals surface area contributed by atoms with Crippen LogP contribution in [0.25, 0.3) is 0 Å². The molecule has 0 radical (unpaired) electrons. The highest BCUT2D eigenvalue weighted by atomic mass is 35.5. The number of benzene rings is 2. The van der Waals surface area contributed by atoms with E-state index < -0.39 is 0 Å². The van der Waals surface area contributed by atoms with Crippen LogP contribution in [0, 0.1) is 6.92 Å². The van der Waals surface area contributed by atoms with Crippen molar-refractivity contribution in [3.63, 3.8) is 0 Å². The number of nitrogen functional groups attached to an aromatic ring is 1. The van der Waals surface area contributed by atoms with Gasteiger partial charge in [0.05, 0.1) is 17.2 Å². The van der Waals surface area contributed by atoms with Gasteiger partial charge in [0, 0.05) is 16.9 Å². The average molecular weight is 325 g/mol. The molecule has 0 aliphatic carbocycles. The molecule has 0 bridgehead atoms. The molecule has 0 aliphatic heterocycles. The molecule has 2 aromatic rings. The van der Waals surface area contributed by atoms with E-state index in [1.165, 1.54) is 19.2 Å². The largest absolute Gasteiger partial charge is 0.494 e. The summed E-state index contributed by atoms with van der Waals surface area (Å²) in [4.78, 5) is 12.3. The van der Waals surface area contributed by atoms with Crippen molar-refractivity contribution in [3.05, 3.63) is 51.5 Å². The first-order valence-corrected chi connectivity index (χ1v) is 6.88. The molecule has 3 N–H and O–H groups in total. The van der Waals surface area contributed by atoms with Crippen molar-refractivity contribution in [2.45, 2.75) is 6.92 Å². The highest BCUT2D eigenvalue weighted by Crippen LogP contribution is 2.34. The highest BCUT2D eigenvalue weighted by Gasteiger charge is 2.14. The van der Waals surface area contributed by atoms with E-state index >= 15 is 0 Å². The Hall–Kier alpha value is -1.91. The van der Waals surface area contributed by atoms with Crippen LogP contribution >= 0.6 is 23.2 Å². The van der Waals surface area contributed by atoms with Crippen LogP contribution in [0.3, 0.4) is 0 Å². The Morgan fingerprint density at radius 1 is 1.19 bits per heavy atom. The number of carbonyl (C=O) groups excluding carboxylic acids is 1. The van der Waals surface area contributed by atoms with Gasteiger partial charge in [-0.15, -0.1) is 0 Å². The third kappa shape index (κ3) is 3.40. The van der Waals surface area contributed by atoms with Gasteiger partial charge in [-0.05, 0) is 36.8 Å². The van der Waals surface area contributed by atoms with Crippen molar-refractivity contribution in [3.8, 4) is 5.75 Å². The molecule has 2 aromatic carbocycles. The molecule has 0 fully saturated rings. The minimum atomic E-state index is -0.324. The first-order valence-electron chi connectivity index (χ1n) is 6.13. The van der Waals surface area contributed by atoms with Crippen LogP contribution < -0.4 is 15.8 Å². The number of aryl methyl sites for hydroxylation is 1. The fourth-order valence-electron chi connectivity index (χ4n) is 1.85. The van der Waals surface area contributed by atoms with Crippen molar-refractivity contribution < 1.29 is 9.53 Å². The Balaban J connectivity index is 2.31. The van der Waals surface area contributed by atoms with Gasteiger partial charge in [0.15, 0.2) is 5.75 Å². The predicted molar refractivity (Wildman–Crippen MR) is 86.6 cm³/mol. The van der Waals surface area contributed by atoms with Crippen LogP contribution in [0.5, 0.6) is 5.75 Å². The molecule has 0 aliphatic rings. The topological polar surface area (TPSA) is 64.3 Å². The van der Waals surface area contributed by atoms with Crippen LogP contribution in [0.4, 0.5) is 11.4 Å². The summed E-state index contributed by atoms with van der Waals surface area (Å²) in [5.41, 5.74) is 8.18. The maximum Gasteiger partial charge on any atom is 0.255 e. The molecule has 0 heterocycles. The Kier molecular flexibility index (Phi) is 4.60. The van der Waals surface area contributed by atoms with Gasteiger partial charge in [0.25, 0.3) is 5.91 Å². The highest BCUT2D eigenvalue weighted by molar-refractivity contribution is 6.37. The lowest BCUT2D eigenvalue weighted by Gasteiger charge is -2.11. The number of ether oxygens (including phenoxy) is 1. The summed E-state index contributed by atoms with van der Waals surface area (Å²) in [6.07, 6.45) is 0. The van der Waals surface area contributed by atoms with Crippen molar-refractivity contribution in [1.29, 1.82) is 0 Å². The SMILES string of the molecule is COc1c(Cl)cc(C(=O)Nc2cc(N)ccc2C)cc1Cl. The van der Waals surface area contributed by atoms with Gasteiger partial charge >= 0.3 is 0 Å². The lowest BCUT2D eigenvalue weighted by Crippen LogP contribution is -2.13. The molecule has 2 rings (SSSR count).